The van der Waals surface area contributed by atoms with E-state index in [0.717, 1.165) is 55.2 Å². The highest BCUT2D eigenvalue weighted by atomic mass is 16.5. The SMILES string of the molecule is C=C(C)[C@@H]1CC=C(C)C[C@H]1c1c(O)cc(CCCCC)cc1OCC(=O)O. The predicted molar refractivity (Wildman–Crippen MR) is 109 cm³/mol. The molecule has 1 aliphatic rings. The highest BCUT2D eigenvalue weighted by molar-refractivity contribution is 5.68. The second-order valence-electron chi connectivity index (χ2n) is 7.72. The van der Waals surface area contributed by atoms with Crippen molar-refractivity contribution >= 4 is 5.97 Å². The molecule has 1 aromatic rings. The molecule has 2 atom stereocenters. The summed E-state index contributed by atoms with van der Waals surface area (Å²) >= 11 is 0. The summed E-state index contributed by atoms with van der Waals surface area (Å²) in [5.41, 5.74) is 4.04. The maximum atomic E-state index is 11.1. The molecule has 0 fully saturated rings. The van der Waals surface area contributed by atoms with Crippen LogP contribution in [0, 0.1) is 5.92 Å². The summed E-state index contributed by atoms with van der Waals surface area (Å²) in [6.45, 7) is 9.98. The quantitative estimate of drug-likeness (QED) is 0.437. The molecule has 4 heteroatoms. The predicted octanol–water partition coefficient (Wildman–Crippen LogP) is 5.60. The molecule has 0 unspecified atom stereocenters. The Morgan fingerprint density at radius 1 is 1.33 bits per heavy atom. The van der Waals surface area contributed by atoms with E-state index in [2.05, 4.69) is 26.5 Å². The minimum atomic E-state index is -1.02. The standard InChI is InChI=1S/C23H32O4/c1-5-6-7-8-17-12-20(24)23(21(13-17)27-14-22(25)26)19-11-16(4)9-10-18(19)15(2)3/h9,12-13,18-19,24H,2,5-8,10-11,14H2,1,3-4H3,(H,25,26)/t18-,19+/m0/s1. The maximum Gasteiger partial charge on any atom is 0.341 e. The first-order valence-electron chi connectivity index (χ1n) is 9.84. The number of carbonyl (C=O) groups is 1. The van der Waals surface area contributed by atoms with Gasteiger partial charge in [-0.2, -0.15) is 0 Å². The third-order valence-electron chi connectivity index (χ3n) is 5.35. The summed E-state index contributed by atoms with van der Waals surface area (Å²) < 4.78 is 5.63. The molecule has 0 aliphatic heterocycles. The van der Waals surface area contributed by atoms with Crippen molar-refractivity contribution < 1.29 is 19.7 Å². The van der Waals surface area contributed by atoms with Crippen LogP contribution in [0.4, 0.5) is 0 Å². The Labute approximate surface area is 162 Å². The Morgan fingerprint density at radius 3 is 2.70 bits per heavy atom. The fraction of sp³-hybridized carbons (Fsp3) is 0.522. The highest BCUT2D eigenvalue weighted by Crippen LogP contribution is 2.47. The number of aliphatic carboxylic acids is 1. The highest BCUT2D eigenvalue weighted by Gasteiger charge is 2.31. The van der Waals surface area contributed by atoms with E-state index in [0.29, 0.717) is 5.75 Å². The van der Waals surface area contributed by atoms with Gasteiger partial charge in [-0.1, -0.05) is 43.6 Å². The summed E-state index contributed by atoms with van der Waals surface area (Å²) in [5.74, 6) is -0.0723. The van der Waals surface area contributed by atoms with Gasteiger partial charge in [0.2, 0.25) is 0 Å². The number of aryl methyl sites for hydroxylation is 1. The van der Waals surface area contributed by atoms with Gasteiger partial charge in [-0.05, 0) is 63.1 Å². The van der Waals surface area contributed by atoms with Crippen LogP contribution >= 0.6 is 0 Å². The van der Waals surface area contributed by atoms with Crippen molar-refractivity contribution in [1.82, 2.24) is 0 Å². The number of aromatic hydroxyl groups is 1. The molecule has 0 amide bonds. The van der Waals surface area contributed by atoms with E-state index in [1.54, 1.807) is 0 Å². The van der Waals surface area contributed by atoms with Crippen molar-refractivity contribution in [3.05, 3.63) is 47.1 Å². The summed E-state index contributed by atoms with van der Waals surface area (Å²) in [5, 5.41) is 19.9. The number of rotatable bonds is 9. The molecule has 0 radical (unpaired) electrons. The molecule has 1 aromatic carbocycles. The van der Waals surface area contributed by atoms with E-state index in [9.17, 15) is 9.90 Å². The Hall–Kier alpha value is -2.23. The third kappa shape index (κ3) is 5.62. The summed E-state index contributed by atoms with van der Waals surface area (Å²) in [4.78, 5) is 11.1. The first-order chi connectivity index (χ1) is 12.8. The van der Waals surface area contributed by atoms with E-state index >= 15 is 0 Å². The van der Waals surface area contributed by atoms with Gasteiger partial charge in [0.25, 0.3) is 0 Å². The van der Waals surface area contributed by atoms with Gasteiger partial charge in [-0.3, -0.25) is 0 Å². The molecule has 4 nitrogen and oxygen atoms in total. The van der Waals surface area contributed by atoms with Crippen molar-refractivity contribution in [3.63, 3.8) is 0 Å². The molecule has 0 spiro atoms. The van der Waals surface area contributed by atoms with Gasteiger partial charge >= 0.3 is 5.97 Å². The Bertz CT molecular complexity index is 717. The molecule has 0 saturated heterocycles. The van der Waals surface area contributed by atoms with Crippen molar-refractivity contribution in [2.24, 2.45) is 5.92 Å². The minimum Gasteiger partial charge on any atom is -0.508 e. The van der Waals surface area contributed by atoms with Crippen molar-refractivity contribution in [2.75, 3.05) is 6.61 Å². The number of carboxylic acid groups (broad SMARTS) is 1. The molecular weight excluding hydrogens is 340 g/mol. The summed E-state index contributed by atoms with van der Waals surface area (Å²) in [6.07, 6.45) is 8.04. The average Bonchev–Trinajstić information content (AvgIpc) is 2.59. The van der Waals surface area contributed by atoms with E-state index in [4.69, 9.17) is 9.84 Å². The largest absolute Gasteiger partial charge is 0.508 e. The first kappa shape index (κ1) is 21.1. The Balaban J connectivity index is 2.43. The van der Waals surface area contributed by atoms with Crippen LogP contribution in [0.3, 0.4) is 0 Å². The van der Waals surface area contributed by atoms with Gasteiger partial charge < -0.3 is 14.9 Å². The lowest BCUT2D eigenvalue weighted by Crippen LogP contribution is -2.20. The van der Waals surface area contributed by atoms with Crippen LogP contribution < -0.4 is 4.74 Å². The second-order valence-corrected chi connectivity index (χ2v) is 7.72. The van der Waals surface area contributed by atoms with Crippen molar-refractivity contribution in [2.45, 2.75) is 65.2 Å². The smallest absolute Gasteiger partial charge is 0.341 e. The fourth-order valence-corrected chi connectivity index (χ4v) is 3.94. The van der Waals surface area contributed by atoms with Crippen LogP contribution in [-0.2, 0) is 11.2 Å². The van der Waals surface area contributed by atoms with Gasteiger partial charge in [0.1, 0.15) is 11.5 Å². The lowest BCUT2D eigenvalue weighted by atomic mass is 9.72. The molecule has 2 N–H and O–H groups in total. The lowest BCUT2D eigenvalue weighted by Gasteiger charge is -2.33. The van der Waals surface area contributed by atoms with Crippen LogP contribution in [0.1, 0.15) is 69.9 Å². The normalized spacial score (nSPS) is 19.4. The number of unbranched alkanes of at least 4 members (excludes halogenated alkanes) is 2. The third-order valence-corrected chi connectivity index (χ3v) is 5.35. The second kappa shape index (κ2) is 9.63. The number of benzene rings is 1. The zero-order chi connectivity index (χ0) is 20.0. The topological polar surface area (TPSA) is 66.8 Å². The van der Waals surface area contributed by atoms with Gasteiger partial charge in [-0.25, -0.2) is 4.79 Å². The molecule has 0 saturated carbocycles. The molecule has 0 bridgehead atoms. The maximum absolute atomic E-state index is 11.1. The van der Waals surface area contributed by atoms with Gasteiger partial charge in [-0.15, -0.1) is 0 Å². The van der Waals surface area contributed by atoms with Crippen LogP contribution in [-0.4, -0.2) is 22.8 Å². The monoisotopic (exact) mass is 372 g/mol. The van der Waals surface area contributed by atoms with E-state index in [-0.39, 0.29) is 17.6 Å². The fourth-order valence-electron chi connectivity index (χ4n) is 3.94. The molecule has 0 aromatic heterocycles. The molecular formula is C23H32O4. The molecule has 148 valence electrons. The van der Waals surface area contributed by atoms with Gasteiger partial charge in [0.15, 0.2) is 6.61 Å². The zero-order valence-corrected chi connectivity index (χ0v) is 16.8. The summed E-state index contributed by atoms with van der Waals surface area (Å²) in [6, 6.07) is 3.73. The number of phenols is 1. The number of carboxylic acids is 1. The number of hydrogen-bond donors (Lipinski definition) is 2. The van der Waals surface area contributed by atoms with Crippen LogP contribution in [0.2, 0.25) is 0 Å². The van der Waals surface area contributed by atoms with Crippen LogP contribution in [0.15, 0.2) is 35.9 Å². The molecule has 27 heavy (non-hydrogen) atoms. The molecule has 0 heterocycles. The van der Waals surface area contributed by atoms with Crippen LogP contribution in [0.25, 0.3) is 0 Å². The Kier molecular flexibility index (Phi) is 7.52. The number of hydrogen-bond acceptors (Lipinski definition) is 3. The van der Waals surface area contributed by atoms with Crippen molar-refractivity contribution in [1.29, 1.82) is 0 Å². The Morgan fingerprint density at radius 2 is 2.07 bits per heavy atom. The first-order valence-corrected chi connectivity index (χ1v) is 9.84. The number of phenolic OH excluding ortho intramolecular Hbond substituents is 1. The van der Waals surface area contributed by atoms with Gasteiger partial charge in [0, 0.05) is 11.5 Å². The van der Waals surface area contributed by atoms with E-state index < -0.39 is 12.6 Å². The van der Waals surface area contributed by atoms with E-state index in [1.807, 2.05) is 19.1 Å². The van der Waals surface area contributed by atoms with Crippen LogP contribution in [0.5, 0.6) is 11.5 Å². The molecule has 2 rings (SSSR count). The van der Waals surface area contributed by atoms with E-state index in [1.165, 1.54) is 5.57 Å². The zero-order valence-electron chi connectivity index (χ0n) is 16.8. The number of allylic oxidation sites excluding steroid dienone is 3. The van der Waals surface area contributed by atoms with Crippen molar-refractivity contribution in [3.8, 4) is 11.5 Å². The number of ether oxygens (including phenoxy) is 1. The lowest BCUT2D eigenvalue weighted by molar-refractivity contribution is -0.139. The molecule has 1 aliphatic carbocycles. The van der Waals surface area contributed by atoms with Gasteiger partial charge in [0.05, 0.1) is 0 Å². The summed E-state index contributed by atoms with van der Waals surface area (Å²) in [7, 11) is 0. The average molecular weight is 373 g/mol. The minimum absolute atomic E-state index is 0.0426.